The summed E-state index contributed by atoms with van der Waals surface area (Å²) in [4.78, 5) is 58.0. The van der Waals surface area contributed by atoms with Crippen LogP contribution in [0.5, 0.6) is 0 Å². The summed E-state index contributed by atoms with van der Waals surface area (Å²) in [7, 11) is 1.51. The van der Waals surface area contributed by atoms with Crippen LogP contribution in [0, 0.1) is 11.3 Å². The Morgan fingerprint density at radius 3 is 2.57 bits per heavy atom. The molecule has 3 N–H and O–H groups in total. The van der Waals surface area contributed by atoms with E-state index in [2.05, 4.69) is 16.1 Å². The first-order valence-corrected chi connectivity index (χ1v) is 14.4. The van der Waals surface area contributed by atoms with Crippen molar-refractivity contribution in [2.45, 2.75) is 71.7 Å². The van der Waals surface area contributed by atoms with Crippen molar-refractivity contribution in [3.8, 4) is 0 Å². The van der Waals surface area contributed by atoms with E-state index >= 15 is 0 Å². The van der Waals surface area contributed by atoms with Gasteiger partial charge in [0.05, 0.1) is 23.2 Å². The van der Waals surface area contributed by atoms with E-state index in [1.807, 2.05) is 50.3 Å². The first kappa shape index (κ1) is 31.1. The second-order valence-corrected chi connectivity index (χ2v) is 11.7. The van der Waals surface area contributed by atoms with Gasteiger partial charge in [-0.2, -0.15) is 0 Å². The lowest BCUT2D eigenvalue weighted by atomic mass is 9.88. The van der Waals surface area contributed by atoms with Crippen LogP contribution in [0.1, 0.15) is 64.8 Å². The van der Waals surface area contributed by atoms with Crippen LogP contribution in [-0.4, -0.2) is 72.1 Å². The number of cyclic esters (lactones) is 1. The Morgan fingerprint density at radius 2 is 1.86 bits per heavy atom. The smallest absolute Gasteiger partial charge is 0.325 e. The number of nitrogens with one attached hydrogen (secondary N) is 3. The molecule has 3 heterocycles. The fourth-order valence-corrected chi connectivity index (χ4v) is 5.12. The van der Waals surface area contributed by atoms with Gasteiger partial charge in [-0.05, 0) is 57.2 Å². The van der Waals surface area contributed by atoms with Gasteiger partial charge in [0.25, 0.3) is 5.91 Å². The summed E-state index contributed by atoms with van der Waals surface area (Å²) >= 11 is 0. The van der Waals surface area contributed by atoms with Crippen molar-refractivity contribution in [3.05, 3.63) is 47.7 Å². The minimum atomic E-state index is -1.10. The molecule has 11 nitrogen and oxygen atoms in total. The highest BCUT2D eigenvalue weighted by Crippen LogP contribution is 2.25. The van der Waals surface area contributed by atoms with Gasteiger partial charge in [-0.3, -0.25) is 24.2 Å². The molecule has 3 amide bonds. The van der Waals surface area contributed by atoms with Crippen LogP contribution in [-0.2, 0) is 28.7 Å². The summed E-state index contributed by atoms with van der Waals surface area (Å²) in [5.41, 5.74) is 3.99. The molecule has 1 fully saturated rings. The average molecular weight is 580 g/mol. The summed E-state index contributed by atoms with van der Waals surface area (Å²) in [6.07, 6.45) is 4.04. The number of rotatable bonds is 3. The van der Waals surface area contributed by atoms with Crippen LogP contribution in [0.2, 0.25) is 0 Å². The Bertz CT molecular complexity index is 1380. The molecule has 0 radical (unpaired) electrons. The third-order valence-corrected chi connectivity index (χ3v) is 7.76. The molecule has 0 unspecified atom stereocenters. The van der Waals surface area contributed by atoms with Gasteiger partial charge in [-0.25, -0.2) is 10.4 Å². The van der Waals surface area contributed by atoms with E-state index in [0.717, 1.165) is 10.9 Å². The fourth-order valence-electron chi connectivity index (χ4n) is 5.12. The van der Waals surface area contributed by atoms with E-state index in [1.165, 1.54) is 12.1 Å². The summed E-state index contributed by atoms with van der Waals surface area (Å²) in [5.74, 6) is -2.01. The minimum Gasteiger partial charge on any atom is -0.455 e. The molecule has 42 heavy (non-hydrogen) atoms. The average Bonchev–Trinajstić information content (AvgIpc) is 2.97. The Morgan fingerprint density at radius 1 is 1.12 bits per heavy atom. The molecule has 5 bridgehead atoms. The number of carbonyl (C=O) groups is 4. The lowest BCUT2D eigenvalue weighted by Gasteiger charge is -2.35. The highest BCUT2D eigenvalue weighted by Gasteiger charge is 2.37. The number of aromatic nitrogens is 1. The number of carbonyl (C=O) groups excluding carboxylic acids is 4. The molecule has 0 aliphatic carbocycles. The van der Waals surface area contributed by atoms with Crippen LogP contribution in [0.3, 0.4) is 0 Å². The number of amides is 3. The van der Waals surface area contributed by atoms with E-state index in [0.29, 0.717) is 30.6 Å². The highest BCUT2D eigenvalue weighted by molar-refractivity contribution is 5.94. The molecule has 2 aliphatic rings. The van der Waals surface area contributed by atoms with E-state index in [9.17, 15) is 19.2 Å². The van der Waals surface area contributed by atoms with Gasteiger partial charge in [0.2, 0.25) is 11.8 Å². The quantitative estimate of drug-likeness (QED) is 0.472. The summed E-state index contributed by atoms with van der Waals surface area (Å²) in [5, 5.41) is 7.88. The van der Waals surface area contributed by atoms with Crippen LogP contribution >= 0.6 is 0 Å². The van der Waals surface area contributed by atoms with Gasteiger partial charge in [0.15, 0.2) is 0 Å². The molecule has 1 aromatic carbocycles. The maximum absolute atomic E-state index is 13.6. The minimum absolute atomic E-state index is 0.0807. The summed E-state index contributed by atoms with van der Waals surface area (Å²) < 4.78 is 11.2. The monoisotopic (exact) mass is 579 g/mol. The molecular weight excluding hydrogens is 538 g/mol. The van der Waals surface area contributed by atoms with Crippen molar-refractivity contribution >= 4 is 40.7 Å². The van der Waals surface area contributed by atoms with Crippen molar-refractivity contribution in [1.29, 1.82) is 0 Å². The first-order chi connectivity index (χ1) is 19.9. The second-order valence-electron chi connectivity index (χ2n) is 11.7. The van der Waals surface area contributed by atoms with Crippen LogP contribution < -0.4 is 16.1 Å². The highest BCUT2D eigenvalue weighted by atomic mass is 16.5. The van der Waals surface area contributed by atoms with Gasteiger partial charge in [0.1, 0.15) is 24.2 Å². The molecule has 0 spiro atoms. The SMILES string of the molecule is COC[C@@]1(C)/C=C/c2ccc3ccc(nc3c2)[C@@H](C)OC(=O)[C@@H]2CCCN(N2)C(=O)[C@H](C)NC(=O)[C@H](C(C)C)NC1=O. The van der Waals surface area contributed by atoms with Crippen molar-refractivity contribution < 1.29 is 28.7 Å². The van der Waals surface area contributed by atoms with Gasteiger partial charge >= 0.3 is 5.97 Å². The number of hydrazine groups is 1. The zero-order chi connectivity index (χ0) is 30.6. The number of nitrogens with zero attached hydrogens (tertiary/aromatic N) is 2. The van der Waals surface area contributed by atoms with Gasteiger partial charge in [-0.15, -0.1) is 0 Å². The summed E-state index contributed by atoms with van der Waals surface area (Å²) in [6, 6.07) is 6.98. The second kappa shape index (κ2) is 13.0. The molecule has 0 saturated carbocycles. The number of hydrogen-bond acceptors (Lipinski definition) is 8. The van der Waals surface area contributed by atoms with E-state index in [1.54, 1.807) is 26.8 Å². The van der Waals surface area contributed by atoms with E-state index in [-0.39, 0.29) is 18.4 Å². The predicted octanol–water partition coefficient (Wildman–Crippen LogP) is 2.66. The Kier molecular flexibility index (Phi) is 9.63. The maximum atomic E-state index is 13.6. The molecule has 226 valence electrons. The third-order valence-electron chi connectivity index (χ3n) is 7.76. The zero-order valence-corrected chi connectivity index (χ0v) is 25.1. The van der Waals surface area contributed by atoms with Gasteiger partial charge < -0.3 is 20.1 Å². The molecule has 1 saturated heterocycles. The van der Waals surface area contributed by atoms with Crippen LogP contribution in [0.25, 0.3) is 17.0 Å². The molecule has 11 heteroatoms. The van der Waals surface area contributed by atoms with E-state index < -0.39 is 47.4 Å². The number of fused-ring (bicyclic) bond motifs is 4. The number of esters is 1. The molecule has 2 aliphatic heterocycles. The fraction of sp³-hybridized carbons (Fsp3) is 0.516. The lowest BCUT2D eigenvalue weighted by Crippen LogP contribution is -2.61. The zero-order valence-electron chi connectivity index (χ0n) is 25.1. The third kappa shape index (κ3) is 6.96. The van der Waals surface area contributed by atoms with Crippen LogP contribution in [0.15, 0.2) is 36.4 Å². The molecule has 5 atom stereocenters. The van der Waals surface area contributed by atoms with Gasteiger partial charge in [-0.1, -0.05) is 44.2 Å². The normalized spacial score (nSPS) is 28.8. The maximum Gasteiger partial charge on any atom is 0.325 e. The number of methoxy groups -OCH3 is 1. The topological polar surface area (TPSA) is 139 Å². The Labute approximate surface area is 246 Å². The van der Waals surface area contributed by atoms with Gasteiger partial charge in [0, 0.05) is 19.0 Å². The molecular formula is C31H41N5O6. The van der Waals surface area contributed by atoms with E-state index in [4.69, 9.17) is 14.5 Å². The number of pyridine rings is 1. The van der Waals surface area contributed by atoms with Crippen LogP contribution in [0.4, 0.5) is 0 Å². The first-order valence-electron chi connectivity index (χ1n) is 14.4. The number of ether oxygens (including phenoxy) is 2. The van der Waals surface area contributed by atoms with Crippen molar-refractivity contribution in [2.75, 3.05) is 20.3 Å². The molecule has 4 rings (SSSR count). The number of hydrogen-bond donors (Lipinski definition) is 3. The molecule has 2 aromatic rings. The molecule has 1 aromatic heterocycles. The standard InChI is InChI=1S/C31H41N5O6/c1-18(2)26-27(37)32-19(3)28(38)36-15-7-8-24(35-36)29(39)42-20(4)23-12-11-22-10-9-21(16-25(22)33-23)13-14-31(5,17-41-6)30(40)34-26/h9-14,16,18-20,24,26,35H,7-8,15,17H2,1-6H3,(H,32,37)(H,34,40)/b14-13+/t19-,20+,24-,26-,31+/m0/s1. The Balaban J connectivity index is 1.74. The largest absolute Gasteiger partial charge is 0.455 e. The van der Waals surface area contributed by atoms with Crippen molar-refractivity contribution in [2.24, 2.45) is 11.3 Å². The Hall–Kier alpha value is -3.83. The van der Waals surface area contributed by atoms with Crippen molar-refractivity contribution in [1.82, 2.24) is 26.1 Å². The summed E-state index contributed by atoms with van der Waals surface area (Å²) in [6.45, 7) is 9.17. The lowest BCUT2D eigenvalue weighted by molar-refractivity contribution is -0.157. The van der Waals surface area contributed by atoms with Crippen molar-refractivity contribution in [3.63, 3.8) is 0 Å². The number of benzene rings is 1. The predicted molar refractivity (Wildman–Crippen MR) is 158 cm³/mol.